The third-order valence-corrected chi connectivity index (χ3v) is 3.91. The number of ether oxygens (including phenoxy) is 4. The van der Waals surface area contributed by atoms with Crippen molar-refractivity contribution in [2.24, 2.45) is 0 Å². The van der Waals surface area contributed by atoms with Gasteiger partial charge in [-0.15, -0.1) is 0 Å². The summed E-state index contributed by atoms with van der Waals surface area (Å²) in [5.74, 6) is 0.318. The van der Waals surface area contributed by atoms with Gasteiger partial charge in [0.05, 0.1) is 26.9 Å². The molecular weight excluding hydrogens is 348 g/mol. The highest BCUT2D eigenvalue weighted by atomic mass is 16.5. The van der Waals surface area contributed by atoms with Gasteiger partial charge in [-0.2, -0.15) is 0 Å². The fourth-order valence-corrected chi connectivity index (χ4v) is 2.56. The molecule has 27 heavy (non-hydrogen) atoms. The number of rotatable bonds is 7. The van der Waals surface area contributed by atoms with Crippen molar-refractivity contribution in [1.29, 1.82) is 0 Å². The van der Waals surface area contributed by atoms with Crippen molar-refractivity contribution in [2.45, 2.75) is 6.92 Å². The monoisotopic (exact) mass is 370 g/mol. The maximum atomic E-state index is 12.4. The quantitative estimate of drug-likeness (QED) is 0.550. The number of methoxy groups -OCH3 is 3. The Balaban J connectivity index is 2.65. The van der Waals surface area contributed by atoms with Crippen LogP contribution in [0.2, 0.25) is 0 Å². The number of benzene rings is 2. The lowest BCUT2D eigenvalue weighted by atomic mass is 9.93. The van der Waals surface area contributed by atoms with Gasteiger partial charge in [0.1, 0.15) is 18.1 Å². The molecule has 0 aliphatic rings. The summed E-state index contributed by atoms with van der Waals surface area (Å²) in [4.78, 5) is 23.7. The Morgan fingerprint density at radius 2 is 1.22 bits per heavy atom. The van der Waals surface area contributed by atoms with Crippen LogP contribution in [0.1, 0.15) is 18.1 Å². The summed E-state index contributed by atoms with van der Waals surface area (Å²) in [5, 5.41) is 0. The maximum absolute atomic E-state index is 12.4. The minimum Gasteiger partial charge on any atom is -0.497 e. The summed E-state index contributed by atoms with van der Waals surface area (Å²) < 4.78 is 20.4. The molecule has 2 aromatic rings. The average Bonchev–Trinajstić information content (AvgIpc) is 2.70. The Hall–Kier alpha value is -3.28. The van der Waals surface area contributed by atoms with Crippen molar-refractivity contribution in [2.75, 3.05) is 27.9 Å². The molecule has 6 nitrogen and oxygen atoms in total. The molecule has 0 saturated heterocycles. The molecule has 0 N–H and O–H groups in total. The molecule has 0 saturated carbocycles. The van der Waals surface area contributed by atoms with E-state index in [2.05, 4.69) is 0 Å². The summed E-state index contributed by atoms with van der Waals surface area (Å²) in [6.45, 7) is 1.09. The molecule has 0 heterocycles. The minimum absolute atomic E-state index is 0.199. The number of carbonyl (C=O) groups excluding carboxylic acids is 2. The molecule has 0 amide bonds. The molecule has 0 aromatic heterocycles. The SMILES string of the molecule is COC(=O)C(COC(C)=O)=C(c1ccc(OC)cc1)c1ccc(OC)cc1. The van der Waals surface area contributed by atoms with Crippen LogP contribution in [0.5, 0.6) is 11.5 Å². The van der Waals surface area contributed by atoms with Gasteiger partial charge in [-0.25, -0.2) is 4.79 Å². The molecule has 142 valence electrons. The van der Waals surface area contributed by atoms with Gasteiger partial charge in [-0.3, -0.25) is 4.79 Å². The van der Waals surface area contributed by atoms with Crippen molar-refractivity contribution >= 4 is 17.5 Å². The highest BCUT2D eigenvalue weighted by Crippen LogP contribution is 2.30. The van der Waals surface area contributed by atoms with Gasteiger partial charge < -0.3 is 18.9 Å². The van der Waals surface area contributed by atoms with Crippen LogP contribution in [-0.2, 0) is 19.1 Å². The Kier molecular flexibility index (Phi) is 7.00. The van der Waals surface area contributed by atoms with E-state index in [9.17, 15) is 9.59 Å². The van der Waals surface area contributed by atoms with E-state index in [1.54, 1.807) is 38.5 Å². The summed E-state index contributed by atoms with van der Waals surface area (Å²) in [5.41, 5.74) is 2.36. The van der Waals surface area contributed by atoms with E-state index in [4.69, 9.17) is 18.9 Å². The first-order valence-electron chi connectivity index (χ1n) is 8.23. The summed E-state index contributed by atoms with van der Waals surface area (Å²) in [7, 11) is 4.45. The Morgan fingerprint density at radius 3 is 1.56 bits per heavy atom. The van der Waals surface area contributed by atoms with Crippen LogP contribution in [0.25, 0.3) is 5.57 Å². The van der Waals surface area contributed by atoms with Gasteiger partial charge in [-0.1, -0.05) is 24.3 Å². The van der Waals surface area contributed by atoms with E-state index in [-0.39, 0.29) is 12.2 Å². The van der Waals surface area contributed by atoms with Crippen molar-refractivity contribution in [1.82, 2.24) is 0 Å². The lowest BCUT2D eigenvalue weighted by Gasteiger charge is -2.16. The van der Waals surface area contributed by atoms with Crippen molar-refractivity contribution < 1.29 is 28.5 Å². The fraction of sp³-hybridized carbons (Fsp3) is 0.238. The third kappa shape index (κ3) is 5.10. The number of hydrogen-bond acceptors (Lipinski definition) is 6. The predicted octanol–water partition coefficient (Wildman–Crippen LogP) is 3.24. The number of hydrogen-bond donors (Lipinski definition) is 0. The molecular formula is C21H22O6. The lowest BCUT2D eigenvalue weighted by Crippen LogP contribution is -2.15. The summed E-state index contributed by atoms with van der Waals surface area (Å²) in [6.07, 6.45) is 0. The van der Waals surface area contributed by atoms with Gasteiger partial charge in [0.25, 0.3) is 0 Å². The van der Waals surface area contributed by atoms with Crippen molar-refractivity contribution in [3.05, 3.63) is 65.2 Å². The topological polar surface area (TPSA) is 71.1 Å². The van der Waals surface area contributed by atoms with Crippen molar-refractivity contribution in [3.63, 3.8) is 0 Å². The van der Waals surface area contributed by atoms with Crippen LogP contribution >= 0.6 is 0 Å². The molecule has 0 atom stereocenters. The molecule has 0 radical (unpaired) electrons. The summed E-state index contributed by atoms with van der Waals surface area (Å²) >= 11 is 0. The highest BCUT2D eigenvalue weighted by Gasteiger charge is 2.21. The van der Waals surface area contributed by atoms with Crippen molar-refractivity contribution in [3.8, 4) is 11.5 Å². The maximum Gasteiger partial charge on any atom is 0.337 e. The summed E-state index contributed by atoms with van der Waals surface area (Å²) in [6, 6.07) is 14.5. The predicted molar refractivity (Wildman–Crippen MR) is 101 cm³/mol. The first kappa shape index (κ1) is 20.0. The van der Waals surface area contributed by atoms with E-state index in [1.165, 1.54) is 14.0 Å². The average molecular weight is 370 g/mol. The van der Waals surface area contributed by atoms with Gasteiger partial charge in [0.15, 0.2) is 0 Å². The minimum atomic E-state index is -0.571. The van der Waals surface area contributed by atoms with E-state index in [1.807, 2.05) is 24.3 Å². The number of carbonyl (C=O) groups is 2. The smallest absolute Gasteiger partial charge is 0.337 e. The second kappa shape index (κ2) is 9.43. The van der Waals surface area contributed by atoms with Crippen LogP contribution in [0.15, 0.2) is 54.1 Å². The molecule has 2 aromatic carbocycles. The highest BCUT2D eigenvalue weighted by molar-refractivity contribution is 6.02. The molecule has 0 spiro atoms. The van der Waals surface area contributed by atoms with E-state index >= 15 is 0 Å². The van der Waals surface area contributed by atoms with Crippen LogP contribution in [-0.4, -0.2) is 39.9 Å². The lowest BCUT2D eigenvalue weighted by molar-refractivity contribution is -0.142. The first-order chi connectivity index (χ1) is 13.0. The fourth-order valence-electron chi connectivity index (χ4n) is 2.56. The molecule has 0 unspecified atom stereocenters. The second-order valence-corrected chi connectivity index (χ2v) is 5.58. The van der Waals surface area contributed by atoms with Gasteiger partial charge >= 0.3 is 11.9 Å². The normalized spacial score (nSPS) is 9.93. The molecule has 0 bridgehead atoms. The molecule has 6 heteroatoms. The number of esters is 2. The molecule has 0 fully saturated rings. The Labute approximate surface area is 158 Å². The third-order valence-electron chi connectivity index (χ3n) is 3.91. The van der Waals surface area contributed by atoms with E-state index < -0.39 is 11.9 Å². The van der Waals surface area contributed by atoms with Crippen LogP contribution in [0.4, 0.5) is 0 Å². The first-order valence-corrected chi connectivity index (χ1v) is 8.23. The Morgan fingerprint density at radius 1 is 0.778 bits per heavy atom. The van der Waals surface area contributed by atoms with E-state index in [0.29, 0.717) is 17.1 Å². The standard InChI is InChI=1S/C21H22O6/c1-14(22)27-13-19(21(23)26-4)20(15-5-9-17(24-2)10-6-15)16-7-11-18(25-3)12-8-16/h5-12H,13H2,1-4H3. The zero-order chi connectivity index (χ0) is 19.8. The zero-order valence-electron chi connectivity index (χ0n) is 15.8. The van der Waals surface area contributed by atoms with Crippen LogP contribution < -0.4 is 9.47 Å². The van der Waals surface area contributed by atoms with Crippen LogP contribution in [0, 0.1) is 0 Å². The van der Waals surface area contributed by atoms with Gasteiger partial charge in [0.2, 0.25) is 0 Å². The zero-order valence-corrected chi connectivity index (χ0v) is 15.8. The largest absolute Gasteiger partial charge is 0.497 e. The van der Waals surface area contributed by atoms with Gasteiger partial charge in [0, 0.05) is 12.5 Å². The van der Waals surface area contributed by atoms with Gasteiger partial charge in [-0.05, 0) is 35.4 Å². The second-order valence-electron chi connectivity index (χ2n) is 5.58. The van der Waals surface area contributed by atoms with Crippen LogP contribution in [0.3, 0.4) is 0 Å². The molecule has 0 aliphatic carbocycles. The molecule has 0 aliphatic heterocycles. The Bertz CT molecular complexity index is 769. The van der Waals surface area contributed by atoms with E-state index in [0.717, 1.165) is 11.1 Å². The molecule has 2 rings (SSSR count).